The minimum absolute atomic E-state index is 0.132. The minimum atomic E-state index is -0.280. The summed E-state index contributed by atoms with van der Waals surface area (Å²) < 4.78 is 7.17. The summed E-state index contributed by atoms with van der Waals surface area (Å²) in [6, 6.07) is 19.8. The monoisotopic (exact) mass is 445 g/mol. The van der Waals surface area contributed by atoms with E-state index in [1.807, 2.05) is 30.3 Å². The molecule has 0 bridgehead atoms. The SMILES string of the molecule is Cn1cccc(C(=O)N2CCC(CNC(=O)c3ccc(Oc4ccccc4)cc3)CC2)c1=O. The van der Waals surface area contributed by atoms with Crippen LogP contribution in [0.4, 0.5) is 0 Å². The van der Waals surface area contributed by atoms with E-state index in [1.165, 1.54) is 4.57 Å². The molecule has 2 heterocycles. The molecule has 7 nitrogen and oxygen atoms in total. The molecule has 0 atom stereocenters. The number of benzene rings is 2. The van der Waals surface area contributed by atoms with E-state index in [2.05, 4.69) is 5.32 Å². The summed E-state index contributed by atoms with van der Waals surface area (Å²) in [5.41, 5.74) is 0.492. The van der Waals surface area contributed by atoms with Crippen LogP contribution in [0.2, 0.25) is 0 Å². The van der Waals surface area contributed by atoms with Crippen LogP contribution in [0, 0.1) is 5.92 Å². The number of pyridine rings is 1. The van der Waals surface area contributed by atoms with Crippen molar-refractivity contribution < 1.29 is 14.3 Å². The van der Waals surface area contributed by atoms with Gasteiger partial charge in [-0.25, -0.2) is 0 Å². The molecule has 2 amide bonds. The number of carbonyl (C=O) groups is 2. The number of piperidine rings is 1. The number of carbonyl (C=O) groups excluding carboxylic acids is 2. The molecule has 1 fully saturated rings. The van der Waals surface area contributed by atoms with Gasteiger partial charge in [0.1, 0.15) is 17.1 Å². The molecule has 2 aromatic carbocycles. The predicted octanol–water partition coefficient (Wildman–Crippen LogP) is 3.46. The van der Waals surface area contributed by atoms with Crippen molar-refractivity contribution in [3.63, 3.8) is 0 Å². The molecule has 170 valence electrons. The van der Waals surface area contributed by atoms with Crippen molar-refractivity contribution in [3.8, 4) is 11.5 Å². The second-order valence-corrected chi connectivity index (χ2v) is 8.22. The summed E-state index contributed by atoms with van der Waals surface area (Å²) in [4.78, 5) is 39.2. The lowest BCUT2D eigenvalue weighted by Gasteiger charge is -2.32. The Morgan fingerprint density at radius 2 is 1.61 bits per heavy atom. The van der Waals surface area contributed by atoms with Gasteiger partial charge in [-0.2, -0.15) is 0 Å². The smallest absolute Gasteiger partial charge is 0.263 e. The topological polar surface area (TPSA) is 80.6 Å². The lowest BCUT2D eigenvalue weighted by Crippen LogP contribution is -2.43. The highest BCUT2D eigenvalue weighted by molar-refractivity contribution is 5.94. The van der Waals surface area contributed by atoms with Gasteiger partial charge in [0.2, 0.25) is 0 Å². The van der Waals surface area contributed by atoms with Crippen LogP contribution in [-0.2, 0) is 7.05 Å². The number of amides is 2. The van der Waals surface area contributed by atoms with Crippen LogP contribution < -0.4 is 15.6 Å². The number of hydrogen-bond donors (Lipinski definition) is 1. The fraction of sp³-hybridized carbons (Fsp3) is 0.269. The first-order valence-electron chi connectivity index (χ1n) is 11.1. The fourth-order valence-electron chi connectivity index (χ4n) is 3.91. The Morgan fingerprint density at radius 1 is 0.939 bits per heavy atom. The summed E-state index contributed by atoms with van der Waals surface area (Å²) >= 11 is 0. The van der Waals surface area contributed by atoms with Crippen LogP contribution >= 0.6 is 0 Å². The van der Waals surface area contributed by atoms with E-state index in [1.54, 1.807) is 54.5 Å². The Kier molecular flexibility index (Phi) is 6.88. The summed E-state index contributed by atoms with van der Waals surface area (Å²) in [6.45, 7) is 1.70. The molecule has 4 rings (SSSR count). The van der Waals surface area contributed by atoms with E-state index in [9.17, 15) is 14.4 Å². The summed E-state index contributed by atoms with van der Waals surface area (Å²) in [6.07, 6.45) is 3.20. The number of aromatic nitrogens is 1. The number of nitrogens with one attached hydrogen (secondary N) is 1. The maximum absolute atomic E-state index is 12.7. The number of rotatable bonds is 6. The van der Waals surface area contributed by atoms with Crippen molar-refractivity contribution in [3.05, 3.63) is 94.4 Å². The number of ether oxygens (including phenoxy) is 1. The molecule has 0 radical (unpaired) electrons. The van der Waals surface area contributed by atoms with Gasteiger partial charge < -0.3 is 19.5 Å². The van der Waals surface area contributed by atoms with Crippen LogP contribution in [0.15, 0.2) is 77.7 Å². The third-order valence-electron chi connectivity index (χ3n) is 5.90. The molecule has 1 aliphatic heterocycles. The average molecular weight is 446 g/mol. The Bertz CT molecular complexity index is 1160. The van der Waals surface area contributed by atoms with Gasteiger partial charge in [-0.05, 0) is 67.3 Å². The molecular weight excluding hydrogens is 418 g/mol. The zero-order valence-corrected chi connectivity index (χ0v) is 18.6. The van der Waals surface area contributed by atoms with E-state index in [4.69, 9.17) is 4.74 Å². The second kappa shape index (κ2) is 10.2. The van der Waals surface area contributed by atoms with E-state index >= 15 is 0 Å². The first-order valence-corrected chi connectivity index (χ1v) is 11.1. The fourth-order valence-corrected chi connectivity index (χ4v) is 3.91. The maximum atomic E-state index is 12.7. The number of likely N-dealkylation sites (tertiary alicyclic amines) is 1. The second-order valence-electron chi connectivity index (χ2n) is 8.22. The van der Waals surface area contributed by atoms with E-state index in [0.717, 1.165) is 18.6 Å². The highest BCUT2D eigenvalue weighted by Crippen LogP contribution is 2.21. The van der Waals surface area contributed by atoms with E-state index < -0.39 is 0 Å². The lowest BCUT2D eigenvalue weighted by molar-refractivity contribution is 0.0682. The highest BCUT2D eigenvalue weighted by Gasteiger charge is 2.25. The molecule has 1 aliphatic rings. The van der Waals surface area contributed by atoms with Gasteiger partial charge in [-0.3, -0.25) is 14.4 Å². The van der Waals surface area contributed by atoms with Gasteiger partial charge in [-0.15, -0.1) is 0 Å². The Hall–Kier alpha value is -3.87. The lowest BCUT2D eigenvalue weighted by atomic mass is 9.96. The molecule has 0 saturated carbocycles. The third-order valence-corrected chi connectivity index (χ3v) is 5.90. The molecule has 3 aromatic rings. The van der Waals surface area contributed by atoms with Crippen molar-refractivity contribution in [2.45, 2.75) is 12.8 Å². The molecule has 7 heteroatoms. The van der Waals surface area contributed by atoms with Crippen LogP contribution in [0.3, 0.4) is 0 Å². The van der Waals surface area contributed by atoms with Gasteiger partial charge in [0.05, 0.1) is 0 Å². The normalized spacial score (nSPS) is 14.0. The number of para-hydroxylation sites is 1. The van der Waals surface area contributed by atoms with Crippen molar-refractivity contribution in [1.29, 1.82) is 0 Å². The molecule has 0 aliphatic carbocycles. The first-order chi connectivity index (χ1) is 16.0. The molecule has 1 aromatic heterocycles. The maximum Gasteiger partial charge on any atom is 0.263 e. The molecular formula is C26H27N3O4. The highest BCUT2D eigenvalue weighted by atomic mass is 16.5. The molecule has 33 heavy (non-hydrogen) atoms. The van der Waals surface area contributed by atoms with Crippen LogP contribution in [0.1, 0.15) is 33.6 Å². The number of hydrogen-bond acceptors (Lipinski definition) is 4. The molecule has 1 N–H and O–H groups in total. The Morgan fingerprint density at radius 3 is 2.30 bits per heavy atom. The van der Waals surface area contributed by atoms with Gasteiger partial charge in [0.25, 0.3) is 17.4 Å². The van der Waals surface area contributed by atoms with Gasteiger partial charge in [0, 0.05) is 38.4 Å². The van der Waals surface area contributed by atoms with Gasteiger partial charge >= 0.3 is 0 Å². The zero-order chi connectivity index (χ0) is 23.2. The zero-order valence-electron chi connectivity index (χ0n) is 18.6. The minimum Gasteiger partial charge on any atom is -0.457 e. The van der Waals surface area contributed by atoms with Crippen LogP contribution in [0.5, 0.6) is 11.5 Å². The predicted molar refractivity (Wildman–Crippen MR) is 126 cm³/mol. The van der Waals surface area contributed by atoms with Gasteiger partial charge in [-0.1, -0.05) is 18.2 Å². The van der Waals surface area contributed by atoms with Crippen molar-refractivity contribution >= 4 is 11.8 Å². The summed E-state index contributed by atoms with van der Waals surface area (Å²) in [7, 11) is 1.64. The van der Waals surface area contributed by atoms with Gasteiger partial charge in [0.15, 0.2) is 0 Å². The molecule has 1 saturated heterocycles. The van der Waals surface area contributed by atoms with Crippen molar-refractivity contribution in [2.24, 2.45) is 13.0 Å². The first kappa shape index (κ1) is 22.3. The number of nitrogens with zero attached hydrogens (tertiary/aromatic N) is 2. The third kappa shape index (κ3) is 5.49. The van der Waals surface area contributed by atoms with Crippen molar-refractivity contribution in [1.82, 2.24) is 14.8 Å². The molecule has 0 unspecified atom stereocenters. The van der Waals surface area contributed by atoms with E-state index in [0.29, 0.717) is 30.9 Å². The molecule has 0 spiro atoms. The summed E-state index contributed by atoms with van der Waals surface area (Å²) in [5.74, 6) is 1.34. The Labute approximate surface area is 192 Å². The standard InChI is InChI=1S/C26H27N3O4/c1-28-15-5-8-23(25(28)31)26(32)29-16-13-19(14-17-29)18-27-24(30)20-9-11-22(12-10-20)33-21-6-3-2-4-7-21/h2-12,15,19H,13-14,16-18H2,1H3,(H,27,30). The number of aryl methyl sites for hydroxylation is 1. The van der Waals surface area contributed by atoms with E-state index in [-0.39, 0.29) is 28.9 Å². The summed E-state index contributed by atoms with van der Waals surface area (Å²) in [5, 5.41) is 2.99. The van der Waals surface area contributed by atoms with Crippen LogP contribution in [0.25, 0.3) is 0 Å². The van der Waals surface area contributed by atoms with Crippen LogP contribution in [-0.4, -0.2) is 40.9 Å². The average Bonchev–Trinajstić information content (AvgIpc) is 2.85. The quantitative estimate of drug-likeness (QED) is 0.630. The largest absolute Gasteiger partial charge is 0.457 e. The Balaban J connectivity index is 1.25. The van der Waals surface area contributed by atoms with Crippen molar-refractivity contribution in [2.75, 3.05) is 19.6 Å².